The molecule has 0 radical (unpaired) electrons. The normalized spacial score (nSPS) is 15.6. The summed E-state index contributed by atoms with van der Waals surface area (Å²) in [7, 11) is 0. The number of amides is 4. The third-order valence-electron chi connectivity index (χ3n) is 10.2. The first-order valence-electron chi connectivity index (χ1n) is 18.8. The Balaban J connectivity index is 1.24. The number of hydrogen-bond donors (Lipinski definition) is 1. The molecule has 1 atom stereocenters. The highest BCUT2D eigenvalue weighted by Gasteiger charge is 2.34. The second-order valence-electron chi connectivity index (χ2n) is 14.1. The van der Waals surface area contributed by atoms with Gasteiger partial charge in [0.15, 0.2) is 0 Å². The molecule has 0 saturated carbocycles. The third-order valence-corrected chi connectivity index (χ3v) is 10.2. The first-order valence-corrected chi connectivity index (χ1v) is 18.8. The minimum atomic E-state index is -0.730. The molecular formula is C44H50N6O4. The molecule has 6 rings (SSSR count). The molecule has 2 saturated heterocycles. The lowest BCUT2D eigenvalue weighted by molar-refractivity contribution is -0.145. The van der Waals surface area contributed by atoms with Gasteiger partial charge in [-0.15, -0.1) is 0 Å². The van der Waals surface area contributed by atoms with Crippen LogP contribution in [0, 0.1) is 0 Å². The number of anilines is 2. The fraction of sp³-hybridized carbons (Fsp3) is 0.318. The highest BCUT2D eigenvalue weighted by Crippen LogP contribution is 2.22. The van der Waals surface area contributed by atoms with E-state index in [-0.39, 0.29) is 30.2 Å². The SMILES string of the molecule is CC(=O)Nc1ccc(/C=C/C(=O)N(Cc2ccc(N3CCN(C(C)=O)CC3)cc2)[C@@H](Cc2ccccc2)C(=O)N2CCN(Cc3ccccc3)CC2)cc1. The quantitative estimate of drug-likeness (QED) is 0.199. The average Bonchev–Trinajstić information content (AvgIpc) is 3.20. The van der Waals surface area contributed by atoms with Crippen molar-refractivity contribution in [3.8, 4) is 0 Å². The van der Waals surface area contributed by atoms with E-state index in [1.54, 1.807) is 36.1 Å². The molecule has 54 heavy (non-hydrogen) atoms. The molecule has 0 bridgehead atoms. The lowest BCUT2D eigenvalue weighted by Gasteiger charge is -2.39. The van der Waals surface area contributed by atoms with Crippen LogP contribution in [-0.2, 0) is 38.7 Å². The molecule has 0 unspecified atom stereocenters. The van der Waals surface area contributed by atoms with E-state index in [1.807, 2.05) is 70.5 Å². The van der Waals surface area contributed by atoms with Gasteiger partial charge in [-0.2, -0.15) is 0 Å². The van der Waals surface area contributed by atoms with Gasteiger partial charge >= 0.3 is 0 Å². The second-order valence-corrected chi connectivity index (χ2v) is 14.1. The van der Waals surface area contributed by atoms with Gasteiger partial charge in [0, 0.05) is 103 Å². The molecule has 0 aromatic heterocycles. The molecule has 10 heteroatoms. The molecule has 0 spiro atoms. The van der Waals surface area contributed by atoms with Crippen LogP contribution in [-0.4, -0.2) is 102 Å². The Hall–Kier alpha value is -5.74. The first kappa shape index (κ1) is 38.0. The fourth-order valence-corrected chi connectivity index (χ4v) is 7.12. The van der Waals surface area contributed by atoms with Crippen LogP contribution in [0.1, 0.15) is 36.1 Å². The van der Waals surface area contributed by atoms with E-state index in [2.05, 4.69) is 51.5 Å². The van der Waals surface area contributed by atoms with Crippen LogP contribution >= 0.6 is 0 Å². The summed E-state index contributed by atoms with van der Waals surface area (Å²) in [4.78, 5) is 62.5. The zero-order valence-electron chi connectivity index (χ0n) is 31.3. The van der Waals surface area contributed by atoms with Crippen LogP contribution in [0.4, 0.5) is 11.4 Å². The molecule has 280 valence electrons. The van der Waals surface area contributed by atoms with Gasteiger partial charge in [-0.05, 0) is 52.6 Å². The summed E-state index contributed by atoms with van der Waals surface area (Å²) >= 11 is 0. The van der Waals surface area contributed by atoms with Gasteiger partial charge in [0.1, 0.15) is 6.04 Å². The molecule has 0 aliphatic carbocycles. The molecule has 2 aliphatic rings. The van der Waals surface area contributed by atoms with Crippen LogP contribution in [0.2, 0.25) is 0 Å². The maximum Gasteiger partial charge on any atom is 0.247 e. The summed E-state index contributed by atoms with van der Waals surface area (Å²) in [5.74, 6) is -0.374. The summed E-state index contributed by atoms with van der Waals surface area (Å²) in [6, 6.07) is 35.0. The zero-order chi connectivity index (χ0) is 37.9. The summed E-state index contributed by atoms with van der Waals surface area (Å²) in [5, 5.41) is 2.77. The Morgan fingerprint density at radius 3 is 1.85 bits per heavy atom. The Morgan fingerprint density at radius 1 is 0.667 bits per heavy atom. The summed E-state index contributed by atoms with van der Waals surface area (Å²) in [5.41, 5.74) is 5.68. The van der Waals surface area contributed by atoms with Crippen molar-refractivity contribution in [2.24, 2.45) is 0 Å². The van der Waals surface area contributed by atoms with Crippen LogP contribution in [0.3, 0.4) is 0 Å². The largest absolute Gasteiger partial charge is 0.368 e. The molecule has 10 nitrogen and oxygen atoms in total. The fourth-order valence-electron chi connectivity index (χ4n) is 7.12. The van der Waals surface area contributed by atoms with Gasteiger partial charge in [-0.25, -0.2) is 0 Å². The van der Waals surface area contributed by atoms with E-state index in [9.17, 15) is 19.2 Å². The van der Waals surface area contributed by atoms with E-state index >= 15 is 0 Å². The second kappa shape index (κ2) is 18.3. The lowest BCUT2D eigenvalue weighted by Crippen LogP contribution is -2.56. The number of hydrogen-bond acceptors (Lipinski definition) is 6. The molecule has 1 N–H and O–H groups in total. The molecule has 2 heterocycles. The number of carbonyl (C=O) groups excluding carboxylic acids is 4. The van der Waals surface area contributed by atoms with Gasteiger partial charge in [-0.1, -0.05) is 84.9 Å². The Morgan fingerprint density at radius 2 is 1.26 bits per heavy atom. The van der Waals surface area contributed by atoms with E-state index in [0.29, 0.717) is 38.3 Å². The Kier molecular flexibility index (Phi) is 12.9. The number of nitrogens with one attached hydrogen (secondary N) is 1. The third kappa shape index (κ3) is 10.4. The van der Waals surface area contributed by atoms with Gasteiger partial charge in [-0.3, -0.25) is 24.1 Å². The van der Waals surface area contributed by atoms with Gasteiger partial charge < -0.3 is 24.9 Å². The minimum absolute atomic E-state index is 0.0559. The van der Waals surface area contributed by atoms with Gasteiger partial charge in [0.25, 0.3) is 0 Å². The van der Waals surface area contributed by atoms with Crippen molar-refractivity contribution in [2.75, 3.05) is 62.6 Å². The highest BCUT2D eigenvalue weighted by molar-refractivity contribution is 5.96. The van der Waals surface area contributed by atoms with E-state index in [4.69, 9.17) is 0 Å². The number of nitrogens with zero attached hydrogens (tertiary/aromatic N) is 5. The highest BCUT2D eigenvalue weighted by atomic mass is 16.2. The molecular weight excluding hydrogens is 677 g/mol. The topological polar surface area (TPSA) is 96.5 Å². The van der Waals surface area contributed by atoms with E-state index in [0.717, 1.165) is 55.1 Å². The number of piperazine rings is 2. The maximum absolute atomic E-state index is 14.7. The van der Waals surface area contributed by atoms with E-state index < -0.39 is 6.04 Å². The predicted octanol–water partition coefficient (Wildman–Crippen LogP) is 5.31. The first-order chi connectivity index (χ1) is 26.2. The van der Waals surface area contributed by atoms with Crippen LogP contribution < -0.4 is 10.2 Å². The molecule has 2 aliphatic heterocycles. The van der Waals surface area contributed by atoms with Crippen molar-refractivity contribution in [2.45, 2.75) is 39.4 Å². The minimum Gasteiger partial charge on any atom is -0.368 e. The van der Waals surface area contributed by atoms with Crippen molar-refractivity contribution in [1.82, 2.24) is 19.6 Å². The smallest absolute Gasteiger partial charge is 0.247 e. The zero-order valence-corrected chi connectivity index (χ0v) is 31.3. The van der Waals surface area contributed by atoms with Crippen molar-refractivity contribution >= 4 is 41.1 Å². The van der Waals surface area contributed by atoms with Crippen molar-refractivity contribution in [1.29, 1.82) is 0 Å². The summed E-state index contributed by atoms with van der Waals surface area (Å²) in [6.07, 6.45) is 3.68. The van der Waals surface area contributed by atoms with Crippen molar-refractivity contribution in [3.05, 3.63) is 138 Å². The number of carbonyl (C=O) groups is 4. The number of benzene rings is 4. The van der Waals surface area contributed by atoms with Crippen LogP contribution in [0.5, 0.6) is 0 Å². The Labute approximate surface area is 318 Å². The standard InChI is InChI=1S/C44H50N6O4/c1-34(51)45-40-18-13-36(14-19-40)17-22-43(53)50(33-39-15-20-41(21-16-39)48-29-27-47(28-30-48)35(2)52)42(31-37-9-5-3-6-10-37)44(54)49-25-23-46(24-26-49)32-38-11-7-4-8-12-38/h3-22,42H,23-33H2,1-2H3,(H,45,51)/b22-17+/t42-/m0/s1. The molecule has 4 aromatic rings. The van der Waals surface area contributed by atoms with Crippen molar-refractivity contribution < 1.29 is 19.2 Å². The molecule has 4 aromatic carbocycles. The maximum atomic E-state index is 14.7. The average molecular weight is 727 g/mol. The summed E-state index contributed by atoms with van der Waals surface area (Å²) in [6.45, 7) is 9.71. The Bertz CT molecular complexity index is 1880. The number of rotatable bonds is 12. The van der Waals surface area contributed by atoms with Gasteiger partial charge in [0.05, 0.1) is 0 Å². The van der Waals surface area contributed by atoms with Crippen molar-refractivity contribution in [3.63, 3.8) is 0 Å². The molecule has 2 fully saturated rings. The summed E-state index contributed by atoms with van der Waals surface area (Å²) < 4.78 is 0. The van der Waals surface area contributed by atoms with E-state index in [1.165, 1.54) is 12.5 Å². The van der Waals surface area contributed by atoms with Crippen LogP contribution in [0.25, 0.3) is 6.08 Å². The monoisotopic (exact) mass is 726 g/mol. The van der Waals surface area contributed by atoms with Gasteiger partial charge in [0.2, 0.25) is 23.6 Å². The predicted molar refractivity (Wildman–Crippen MR) is 213 cm³/mol. The lowest BCUT2D eigenvalue weighted by atomic mass is 10.0. The van der Waals surface area contributed by atoms with Crippen LogP contribution in [0.15, 0.2) is 115 Å². The molecule has 4 amide bonds.